The number of carboxylic acid groups (broad SMARTS) is 2. The predicted molar refractivity (Wildman–Crippen MR) is 62.5 cm³/mol. The van der Waals surface area contributed by atoms with Crippen LogP contribution in [-0.4, -0.2) is 30.6 Å². The topological polar surface area (TPSA) is 92.3 Å². The van der Waals surface area contributed by atoms with Crippen LogP contribution in [0, 0.1) is 5.92 Å². The van der Waals surface area contributed by atoms with Gasteiger partial charge in [0.1, 0.15) is 0 Å². The van der Waals surface area contributed by atoms with Gasteiger partial charge >= 0.3 is 6.18 Å². The summed E-state index contributed by atoms with van der Waals surface area (Å²) in [5.41, 5.74) is -5.08. The van der Waals surface area contributed by atoms with Gasteiger partial charge in [0, 0.05) is 11.1 Å². The zero-order chi connectivity index (χ0) is 18.1. The summed E-state index contributed by atoms with van der Waals surface area (Å²) in [6, 6.07) is -2.99. The van der Waals surface area contributed by atoms with Gasteiger partial charge in [-0.15, -0.1) is 0 Å². The first-order valence-electron chi connectivity index (χ1n) is 6.39. The molecule has 0 aromatic heterocycles. The van der Waals surface area contributed by atoms with E-state index in [2.05, 4.69) is 0 Å². The van der Waals surface area contributed by atoms with Crippen molar-refractivity contribution >= 4 is 11.9 Å². The Labute approximate surface area is 127 Å². The van der Waals surface area contributed by atoms with Gasteiger partial charge in [0.25, 0.3) is 6.43 Å². The molecule has 1 N–H and O–H groups in total. The Hall–Kier alpha value is -2.13. The van der Waals surface area contributed by atoms with Crippen LogP contribution in [0.2, 0.25) is 0 Å². The van der Waals surface area contributed by atoms with Crippen molar-refractivity contribution in [2.75, 3.05) is 0 Å². The highest BCUT2D eigenvalue weighted by Crippen LogP contribution is 2.37. The fraction of sp³-hybridized carbons (Fsp3) is 0.538. The molecule has 10 heteroatoms. The van der Waals surface area contributed by atoms with Crippen LogP contribution in [0.1, 0.15) is 20.3 Å². The van der Waals surface area contributed by atoms with Gasteiger partial charge in [-0.3, -0.25) is 0 Å². The number of carboxylic acids is 2. The van der Waals surface area contributed by atoms with E-state index in [9.17, 15) is 41.8 Å². The molecule has 0 amide bonds. The monoisotopic (exact) mass is 341 g/mol. The minimum absolute atomic E-state index is 0.475. The predicted octanol–water partition coefficient (Wildman–Crippen LogP) is -0.118. The number of hydrogen-bond donors (Lipinski definition) is 1. The Morgan fingerprint density at radius 1 is 1.17 bits per heavy atom. The molecular weight excluding hydrogens is 329 g/mol. The summed E-state index contributed by atoms with van der Waals surface area (Å²) in [5.74, 6) is -4.98. The number of rotatable bonds is 5. The lowest BCUT2D eigenvalue weighted by molar-refractivity contribution is -0.301. The molecule has 0 aromatic carbocycles. The van der Waals surface area contributed by atoms with E-state index in [1.54, 1.807) is 0 Å². The lowest BCUT2D eigenvalue weighted by atomic mass is 9.84. The van der Waals surface area contributed by atoms with Crippen LogP contribution in [0.4, 0.5) is 22.0 Å². The summed E-state index contributed by atoms with van der Waals surface area (Å²) in [6.45, 7) is 2.92. The van der Waals surface area contributed by atoms with Crippen LogP contribution in [0.25, 0.3) is 0 Å². The highest BCUT2D eigenvalue weighted by molar-refractivity contribution is 5.98. The minimum Gasteiger partial charge on any atom is -0.545 e. The van der Waals surface area contributed by atoms with Crippen LogP contribution in [0.5, 0.6) is 0 Å². The number of alkyl halides is 5. The second-order valence-electron chi connectivity index (χ2n) is 5.27. The molecule has 130 valence electrons. The first-order valence-corrected chi connectivity index (χ1v) is 6.39. The molecule has 1 rings (SSSR count). The molecule has 0 aliphatic carbocycles. The normalized spacial score (nSPS) is 19.4. The van der Waals surface area contributed by atoms with Gasteiger partial charge in [0.15, 0.2) is 6.04 Å². The van der Waals surface area contributed by atoms with Gasteiger partial charge in [-0.2, -0.15) is 13.2 Å². The molecule has 0 saturated heterocycles. The average Bonchev–Trinajstić information content (AvgIpc) is 2.34. The van der Waals surface area contributed by atoms with E-state index in [1.807, 2.05) is 0 Å². The second-order valence-corrected chi connectivity index (χ2v) is 5.27. The van der Waals surface area contributed by atoms with Crippen molar-refractivity contribution < 1.29 is 41.8 Å². The molecule has 0 fully saturated rings. The van der Waals surface area contributed by atoms with E-state index in [0.29, 0.717) is 0 Å². The van der Waals surface area contributed by atoms with Crippen molar-refractivity contribution in [2.24, 2.45) is 5.92 Å². The fourth-order valence-electron chi connectivity index (χ4n) is 2.28. The number of hydrogen-bond acceptors (Lipinski definition) is 5. The van der Waals surface area contributed by atoms with Gasteiger partial charge in [-0.1, -0.05) is 13.8 Å². The molecule has 1 heterocycles. The number of allylic oxidation sites excluding steroid dienone is 1. The lowest BCUT2D eigenvalue weighted by Crippen LogP contribution is -2.53. The van der Waals surface area contributed by atoms with Gasteiger partial charge < -0.3 is 25.1 Å². The van der Waals surface area contributed by atoms with Crippen LogP contribution >= 0.6 is 0 Å². The SMILES string of the molecule is CC(C)CC1=C(C(=O)[O-])C(C(F)(F)F)NC(C(F)F)=C1C(=O)[O-]. The van der Waals surface area contributed by atoms with Crippen molar-refractivity contribution in [1.82, 2.24) is 5.32 Å². The Morgan fingerprint density at radius 2 is 1.70 bits per heavy atom. The van der Waals surface area contributed by atoms with Crippen molar-refractivity contribution in [2.45, 2.75) is 38.9 Å². The van der Waals surface area contributed by atoms with E-state index in [-0.39, 0.29) is 0 Å². The molecule has 0 spiro atoms. The Balaban J connectivity index is 3.75. The molecule has 1 atom stereocenters. The Kier molecular flexibility index (Phi) is 5.39. The average molecular weight is 341 g/mol. The maximum atomic E-state index is 13.0. The molecule has 0 bridgehead atoms. The smallest absolute Gasteiger partial charge is 0.412 e. The van der Waals surface area contributed by atoms with Crippen LogP contribution in [0.15, 0.2) is 22.4 Å². The third-order valence-corrected chi connectivity index (χ3v) is 3.07. The number of nitrogens with one attached hydrogen (secondary N) is 1. The third-order valence-electron chi connectivity index (χ3n) is 3.07. The molecular formula is C13H12F5NO4-2. The second kappa shape index (κ2) is 6.55. The van der Waals surface area contributed by atoms with Crippen molar-refractivity contribution in [3.05, 3.63) is 22.4 Å². The molecule has 1 aliphatic heterocycles. The van der Waals surface area contributed by atoms with E-state index in [4.69, 9.17) is 0 Å². The molecule has 0 saturated carbocycles. The largest absolute Gasteiger partial charge is 0.545 e. The summed E-state index contributed by atoms with van der Waals surface area (Å²) in [4.78, 5) is 22.2. The van der Waals surface area contributed by atoms with E-state index in [0.717, 1.165) is 0 Å². The van der Waals surface area contributed by atoms with Crippen molar-refractivity contribution in [3.8, 4) is 0 Å². The van der Waals surface area contributed by atoms with Crippen LogP contribution in [-0.2, 0) is 9.59 Å². The number of halogens is 5. The first-order chi connectivity index (χ1) is 10.4. The summed E-state index contributed by atoms with van der Waals surface area (Å²) < 4.78 is 65.0. The summed E-state index contributed by atoms with van der Waals surface area (Å²) >= 11 is 0. The van der Waals surface area contributed by atoms with Gasteiger partial charge in [-0.25, -0.2) is 8.78 Å². The zero-order valence-electron chi connectivity index (χ0n) is 12.0. The Morgan fingerprint density at radius 3 is 2.00 bits per heavy atom. The van der Waals surface area contributed by atoms with Crippen molar-refractivity contribution in [1.29, 1.82) is 0 Å². The number of carbonyl (C=O) groups excluding carboxylic acids is 2. The van der Waals surface area contributed by atoms with E-state index in [1.165, 1.54) is 19.2 Å². The number of aliphatic carboxylic acids is 2. The standard InChI is InChI=1S/C13H14F5NO4/c1-4(2)3-5-6(11(20)21)8(10(14)15)19-9(13(16,17)18)7(5)12(22)23/h4,9-10,19H,3H2,1-2H3,(H,20,21)(H,22,23)/p-2. The molecule has 1 unspecified atom stereocenters. The fourth-order valence-corrected chi connectivity index (χ4v) is 2.28. The summed E-state index contributed by atoms with van der Waals surface area (Å²) in [7, 11) is 0. The first kappa shape index (κ1) is 18.9. The molecule has 0 aromatic rings. The quantitative estimate of drug-likeness (QED) is 0.704. The molecule has 23 heavy (non-hydrogen) atoms. The van der Waals surface area contributed by atoms with E-state index >= 15 is 0 Å². The lowest BCUT2D eigenvalue weighted by Gasteiger charge is -2.36. The summed E-state index contributed by atoms with van der Waals surface area (Å²) in [6.07, 6.45) is -9.30. The maximum Gasteiger partial charge on any atom is 0.412 e. The summed E-state index contributed by atoms with van der Waals surface area (Å²) in [5, 5.41) is 23.5. The molecule has 0 radical (unpaired) electrons. The van der Waals surface area contributed by atoms with Crippen LogP contribution in [0.3, 0.4) is 0 Å². The Bertz CT molecular complexity index is 577. The van der Waals surface area contributed by atoms with Gasteiger partial charge in [0.2, 0.25) is 0 Å². The number of carbonyl (C=O) groups is 2. The molecule has 1 aliphatic rings. The highest BCUT2D eigenvalue weighted by atomic mass is 19.4. The van der Waals surface area contributed by atoms with Crippen LogP contribution < -0.4 is 15.5 Å². The number of dihydropyridines is 1. The van der Waals surface area contributed by atoms with Gasteiger partial charge in [-0.05, 0) is 17.9 Å². The minimum atomic E-state index is -5.24. The van der Waals surface area contributed by atoms with Crippen molar-refractivity contribution in [3.63, 3.8) is 0 Å². The third kappa shape index (κ3) is 3.99. The van der Waals surface area contributed by atoms with E-state index < -0.39 is 65.3 Å². The zero-order valence-corrected chi connectivity index (χ0v) is 12.0. The van der Waals surface area contributed by atoms with Gasteiger partial charge in [0.05, 0.1) is 17.6 Å². The maximum absolute atomic E-state index is 13.0. The molecule has 5 nitrogen and oxygen atoms in total. The highest BCUT2D eigenvalue weighted by Gasteiger charge is 2.47.